The Morgan fingerprint density at radius 3 is 2.85 bits per heavy atom. The molecule has 0 unspecified atom stereocenters. The van der Waals surface area contributed by atoms with Crippen LogP contribution in [0, 0.1) is 0 Å². The van der Waals surface area contributed by atoms with Crippen LogP contribution in [0.25, 0.3) is 11.4 Å². The Bertz CT molecular complexity index is 410. The maximum Gasteiger partial charge on any atom is 0.145 e. The van der Waals surface area contributed by atoms with Gasteiger partial charge in [0.15, 0.2) is 0 Å². The summed E-state index contributed by atoms with van der Waals surface area (Å²) in [5.74, 6) is 0.437. The lowest BCUT2D eigenvalue weighted by Crippen LogP contribution is -1.93. The predicted octanol–water partition coefficient (Wildman–Crippen LogP) is 1.05. The van der Waals surface area contributed by atoms with Crippen molar-refractivity contribution in [3.8, 4) is 11.4 Å². The van der Waals surface area contributed by atoms with Crippen LogP contribution < -0.4 is 5.73 Å². The molecule has 0 atom stereocenters. The monoisotopic (exact) mass is 197 g/mol. The fraction of sp³-hybridized carbons (Fsp3) is 0.143. The van der Waals surface area contributed by atoms with Crippen LogP contribution in [0.5, 0.6) is 0 Å². The number of aromatic amines is 1. The molecule has 0 aliphatic carbocycles. The molecule has 2 rings (SSSR count). The Labute approximate surface area is 79.5 Å². The van der Waals surface area contributed by atoms with Gasteiger partial charge in [-0.05, 0) is 0 Å². The smallest absolute Gasteiger partial charge is 0.145 e. The van der Waals surface area contributed by atoms with Gasteiger partial charge in [0.2, 0.25) is 0 Å². The molecule has 3 N–H and O–H groups in total. The molecule has 0 saturated carbocycles. The Morgan fingerprint density at radius 2 is 2.38 bits per heavy atom. The van der Waals surface area contributed by atoms with E-state index in [1.165, 1.54) is 0 Å². The molecule has 0 bridgehead atoms. The molecule has 13 heavy (non-hydrogen) atoms. The standard InChI is InChI=1S/C7H8ClN5/c1-13-7(4(8)3-10-13)5-2-6(9)12-11-5/h2-3H,1H3,(H3,9,11,12). The summed E-state index contributed by atoms with van der Waals surface area (Å²) < 4.78 is 1.66. The minimum absolute atomic E-state index is 0.437. The van der Waals surface area contributed by atoms with Crippen molar-refractivity contribution in [2.75, 3.05) is 5.73 Å². The summed E-state index contributed by atoms with van der Waals surface area (Å²) in [5.41, 5.74) is 7.02. The lowest BCUT2D eigenvalue weighted by Gasteiger charge is -1.97. The minimum Gasteiger partial charge on any atom is -0.382 e. The third kappa shape index (κ3) is 1.27. The van der Waals surface area contributed by atoms with Crippen LogP contribution in [0.1, 0.15) is 0 Å². The van der Waals surface area contributed by atoms with Crippen molar-refractivity contribution in [3.05, 3.63) is 17.3 Å². The summed E-state index contributed by atoms with van der Waals surface area (Å²) >= 11 is 5.92. The van der Waals surface area contributed by atoms with E-state index in [1.807, 2.05) is 0 Å². The molecular weight excluding hydrogens is 190 g/mol. The number of halogens is 1. The van der Waals surface area contributed by atoms with Gasteiger partial charge in [0.25, 0.3) is 0 Å². The second-order valence-corrected chi connectivity index (χ2v) is 3.08. The van der Waals surface area contributed by atoms with Crippen molar-refractivity contribution >= 4 is 17.4 Å². The van der Waals surface area contributed by atoms with Gasteiger partial charge in [-0.1, -0.05) is 11.6 Å². The average molecular weight is 198 g/mol. The van der Waals surface area contributed by atoms with Crippen LogP contribution in [0.4, 0.5) is 5.82 Å². The van der Waals surface area contributed by atoms with E-state index in [2.05, 4.69) is 15.3 Å². The number of H-pyrrole nitrogens is 1. The normalized spacial score (nSPS) is 10.6. The first kappa shape index (κ1) is 8.12. The number of rotatable bonds is 1. The van der Waals surface area contributed by atoms with Gasteiger partial charge in [-0.3, -0.25) is 9.78 Å². The molecule has 0 amide bonds. The largest absolute Gasteiger partial charge is 0.382 e. The number of nitrogens with zero attached hydrogens (tertiary/aromatic N) is 3. The van der Waals surface area contributed by atoms with Crippen molar-refractivity contribution in [1.82, 2.24) is 20.0 Å². The molecule has 0 aliphatic rings. The van der Waals surface area contributed by atoms with Crippen LogP contribution in [0.3, 0.4) is 0 Å². The van der Waals surface area contributed by atoms with E-state index in [4.69, 9.17) is 17.3 Å². The van der Waals surface area contributed by atoms with Gasteiger partial charge >= 0.3 is 0 Å². The highest BCUT2D eigenvalue weighted by atomic mass is 35.5. The van der Waals surface area contributed by atoms with Crippen molar-refractivity contribution < 1.29 is 0 Å². The van der Waals surface area contributed by atoms with E-state index < -0.39 is 0 Å². The third-order valence-electron chi connectivity index (χ3n) is 1.75. The highest BCUT2D eigenvalue weighted by Crippen LogP contribution is 2.25. The second kappa shape index (κ2) is 2.77. The third-order valence-corrected chi connectivity index (χ3v) is 2.02. The summed E-state index contributed by atoms with van der Waals surface area (Å²) in [4.78, 5) is 0. The molecule has 5 nitrogen and oxygen atoms in total. The quantitative estimate of drug-likeness (QED) is 0.718. The topological polar surface area (TPSA) is 72.5 Å². The maximum atomic E-state index is 5.92. The number of nitrogens with two attached hydrogens (primary N) is 1. The lowest BCUT2D eigenvalue weighted by atomic mass is 10.3. The Kier molecular flexibility index (Phi) is 1.73. The second-order valence-electron chi connectivity index (χ2n) is 2.67. The maximum absolute atomic E-state index is 5.92. The summed E-state index contributed by atoms with van der Waals surface area (Å²) in [6.07, 6.45) is 1.58. The first-order valence-corrected chi connectivity index (χ1v) is 4.05. The number of aryl methyl sites for hydroxylation is 1. The van der Waals surface area contributed by atoms with Gasteiger partial charge in [-0.2, -0.15) is 10.2 Å². The van der Waals surface area contributed by atoms with Crippen molar-refractivity contribution in [2.24, 2.45) is 7.05 Å². The zero-order valence-electron chi connectivity index (χ0n) is 6.95. The van der Waals surface area contributed by atoms with E-state index in [0.29, 0.717) is 10.8 Å². The highest BCUT2D eigenvalue weighted by Gasteiger charge is 2.10. The SMILES string of the molecule is Cn1ncc(Cl)c1-c1cc(N)n[nH]1. The Morgan fingerprint density at radius 1 is 1.62 bits per heavy atom. The molecular formula is C7H8ClN5. The molecule has 6 heteroatoms. The number of hydrogen-bond donors (Lipinski definition) is 2. The molecule has 0 fully saturated rings. The summed E-state index contributed by atoms with van der Waals surface area (Å²) in [5, 5.41) is 11.2. The van der Waals surface area contributed by atoms with Crippen LogP contribution in [0.15, 0.2) is 12.3 Å². The van der Waals surface area contributed by atoms with Crippen molar-refractivity contribution in [3.63, 3.8) is 0 Å². The summed E-state index contributed by atoms with van der Waals surface area (Å²) in [6.45, 7) is 0. The van der Waals surface area contributed by atoms with Gasteiger partial charge in [0.05, 0.1) is 16.9 Å². The van der Waals surface area contributed by atoms with Gasteiger partial charge in [-0.25, -0.2) is 0 Å². The molecule has 0 radical (unpaired) electrons. The average Bonchev–Trinajstić information content (AvgIpc) is 2.60. The van der Waals surface area contributed by atoms with E-state index >= 15 is 0 Å². The van der Waals surface area contributed by atoms with Crippen LogP contribution in [-0.2, 0) is 7.05 Å². The van der Waals surface area contributed by atoms with Gasteiger partial charge in [-0.15, -0.1) is 0 Å². The fourth-order valence-electron chi connectivity index (χ4n) is 1.17. The summed E-state index contributed by atoms with van der Waals surface area (Å²) in [7, 11) is 1.80. The minimum atomic E-state index is 0.437. The van der Waals surface area contributed by atoms with Crippen LogP contribution >= 0.6 is 11.6 Å². The van der Waals surface area contributed by atoms with E-state index in [0.717, 1.165) is 11.4 Å². The van der Waals surface area contributed by atoms with E-state index in [1.54, 1.807) is 24.0 Å². The first-order valence-electron chi connectivity index (χ1n) is 3.67. The Hall–Kier alpha value is -1.49. The van der Waals surface area contributed by atoms with Gasteiger partial charge in [0.1, 0.15) is 11.5 Å². The fourth-order valence-corrected chi connectivity index (χ4v) is 1.44. The lowest BCUT2D eigenvalue weighted by molar-refractivity contribution is 0.772. The van der Waals surface area contributed by atoms with Crippen LogP contribution in [0.2, 0.25) is 5.02 Å². The zero-order valence-corrected chi connectivity index (χ0v) is 7.71. The molecule has 0 spiro atoms. The number of nitrogens with one attached hydrogen (secondary N) is 1. The van der Waals surface area contributed by atoms with E-state index in [-0.39, 0.29) is 0 Å². The number of nitrogen functional groups attached to an aromatic ring is 1. The molecule has 2 heterocycles. The molecule has 0 aliphatic heterocycles. The first-order chi connectivity index (χ1) is 6.18. The Balaban J connectivity index is 2.57. The molecule has 0 saturated heterocycles. The van der Waals surface area contributed by atoms with E-state index in [9.17, 15) is 0 Å². The number of aromatic nitrogens is 4. The molecule has 68 valence electrons. The molecule has 2 aromatic rings. The predicted molar refractivity (Wildman–Crippen MR) is 50.2 cm³/mol. The zero-order chi connectivity index (χ0) is 9.42. The van der Waals surface area contributed by atoms with Gasteiger partial charge in [0, 0.05) is 13.1 Å². The van der Waals surface area contributed by atoms with Gasteiger partial charge < -0.3 is 5.73 Å². The number of hydrogen-bond acceptors (Lipinski definition) is 3. The molecule has 0 aromatic carbocycles. The van der Waals surface area contributed by atoms with Crippen molar-refractivity contribution in [2.45, 2.75) is 0 Å². The summed E-state index contributed by atoms with van der Waals surface area (Å²) in [6, 6.07) is 1.71. The van der Waals surface area contributed by atoms with Crippen molar-refractivity contribution in [1.29, 1.82) is 0 Å². The molecule has 2 aromatic heterocycles. The highest BCUT2D eigenvalue weighted by molar-refractivity contribution is 6.32. The number of anilines is 1. The van der Waals surface area contributed by atoms with Crippen LogP contribution in [-0.4, -0.2) is 20.0 Å².